The number of terminal acetylenes is 1. The quantitative estimate of drug-likeness (QED) is 0.678. The molecule has 1 aromatic heterocycles. The summed E-state index contributed by atoms with van der Waals surface area (Å²) in [4.78, 5) is 7.73. The molecule has 1 aromatic carbocycles. The Morgan fingerprint density at radius 2 is 2.21 bits per heavy atom. The first-order valence-electron chi connectivity index (χ1n) is 4.67. The molecule has 0 unspecified atom stereocenters. The summed E-state index contributed by atoms with van der Waals surface area (Å²) in [5.74, 6) is 4.03. The van der Waals surface area contributed by atoms with Gasteiger partial charge in [0, 0.05) is 11.5 Å². The van der Waals surface area contributed by atoms with Gasteiger partial charge in [0.1, 0.15) is 5.82 Å². The number of hydrogen-bond donors (Lipinski definition) is 1. The van der Waals surface area contributed by atoms with Gasteiger partial charge in [0.25, 0.3) is 0 Å². The van der Waals surface area contributed by atoms with Gasteiger partial charge in [0.05, 0.1) is 11.0 Å². The molecule has 0 radical (unpaired) electrons. The third-order valence-corrected chi connectivity index (χ3v) is 2.21. The molecule has 14 heavy (non-hydrogen) atoms. The second kappa shape index (κ2) is 3.19. The Labute approximate surface area is 83.4 Å². The van der Waals surface area contributed by atoms with Gasteiger partial charge >= 0.3 is 0 Å². The topological polar surface area (TPSA) is 28.7 Å². The Hall–Kier alpha value is -1.75. The van der Waals surface area contributed by atoms with Crippen molar-refractivity contribution in [1.82, 2.24) is 9.97 Å². The molecule has 0 aliphatic carbocycles. The molecule has 0 amide bonds. The van der Waals surface area contributed by atoms with Crippen LogP contribution in [0.15, 0.2) is 18.2 Å². The molecule has 2 nitrogen and oxygen atoms in total. The Balaban J connectivity index is 2.61. The summed E-state index contributed by atoms with van der Waals surface area (Å²) in [6.07, 6.45) is 5.32. The standard InChI is InChI=1S/C12H12N2/c1-4-9-5-6-10-11(7-9)14-12(13-10)8(2)3/h1,5-8H,2-3H3,(H,13,14). The van der Waals surface area contributed by atoms with E-state index in [1.54, 1.807) is 0 Å². The van der Waals surface area contributed by atoms with E-state index in [2.05, 4.69) is 29.7 Å². The van der Waals surface area contributed by atoms with E-state index < -0.39 is 0 Å². The number of rotatable bonds is 1. The summed E-state index contributed by atoms with van der Waals surface area (Å²) in [5.41, 5.74) is 2.88. The molecule has 1 N–H and O–H groups in total. The molecule has 2 aromatic rings. The summed E-state index contributed by atoms with van der Waals surface area (Å²) in [7, 11) is 0. The van der Waals surface area contributed by atoms with Crippen LogP contribution in [0.25, 0.3) is 11.0 Å². The van der Waals surface area contributed by atoms with E-state index in [4.69, 9.17) is 6.42 Å². The summed E-state index contributed by atoms with van der Waals surface area (Å²) in [6, 6.07) is 5.81. The Bertz CT molecular complexity index is 501. The highest BCUT2D eigenvalue weighted by atomic mass is 14.9. The largest absolute Gasteiger partial charge is 0.342 e. The van der Waals surface area contributed by atoms with Gasteiger partial charge < -0.3 is 4.98 Å². The highest BCUT2D eigenvalue weighted by molar-refractivity contribution is 5.76. The van der Waals surface area contributed by atoms with Crippen LogP contribution in [0.2, 0.25) is 0 Å². The van der Waals surface area contributed by atoms with Gasteiger partial charge in [-0.15, -0.1) is 6.42 Å². The van der Waals surface area contributed by atoms with Crippen molar-refractivity contribution in [2.45, 2.75) is 19.8 Å². The number of aromatic amines is 1. The second-order valence-corrected chi connectivity index (χ2v) is 3.65. The Morgan fingerprint density at radius 3 is 2.86 bits per heavy atom. The van der Waals surface area contributed by atoms with Crippen molar-refractivity contribution in [2.24, 2.45) is 0 Å². The fourth-order valence-corrected chi connectivity index (χ4v) is 1.39. The number of H-pyrrole nitrogens is 1. The van der Waals surface area contributed by atoms with Crippen molar-refractivity contribution in [3.63, 3.8) is 0 Å². The fraction of sp³-hybridized carbons (Fsp3) is 0.250. The van der Waals surface area contributed by atoms with E-state index in [1.165, 1.54) is 0 Å². The summed E-state index contributed by atoms with van der Waals surface area (Å²) in [5, 5.41) is 0. The monoisotopic (exact) mass is 184 g/mol. The van der Waals surface area contributed by atoms with Crippen molar-refractivity contribution < 1.29 is 0 Å². The molecule has 0 fully saturated rings. The average molecular weight is 184 g/mol. The summed E-state index contributed by atoms with van der Waals surface area (Å²) < 4.78 is 0. The summed E-state index contributed by atoms with van der Waals surface area (Å²) in [6.45, 7) is 4.22. The molecule has 2 heteroatoms. The number of hydrogen-bond acceptors (Lipinski definition) is 1. The van der Waals surface area contributed by atoms with Crippen molar-refractivity contribution in [2.75, 3.05) is 0 Å². The van der Waals surface area contributed by atoms with Gasteiger partial charge in [0.15, 0.2) is 0 Å². The van der Waals surface area contributed by atoms with Gasteiger partial charge in [-0.25, -0.2) is 4.98 Å². The maximum absolute atomic E-state index is 5.32. The third-order valence-electron chi connectivity index (χ3n) is 2.21. The molecular formula is C12H12N2. The molecule has 0 spiro atoms. The predicted molar refractivity (Wildman–Crippen MR) is 58.1 cm³/mol. The number of nitrogens with one attached hydrogen (secondary N) is 1. The minimum atomic E-state index is 0.414. The first-order chi connectivity index (χ1) is 6.70. The second-order valence-electron chi connectivity index (χ2n) is 3.65. The number of benzene rings is 1. The first kappa shape index (κ1) is 8.83. The lowest BCUT2D eigenvalue weighted by Gasteiger charge is -1.95. The van der Waals surface area contributed by atoms with Crippen LogP contribution in [0.3, 0.4) is 0 Å². The molecule has 0 aliphatic heterocycles. The first-order valence-corrected chi connectivity index (χ1v) is 4.67. The minimum absolute atomic E-state index is 0.414. The van der Waals surface area contributed by atoms with Gasteiger partial charge in [-0.05, 0) is 18.2 Å². The van der Waals surface area contributed by atoms with E-state index in [0.29, 0.717) is 5.92 Å². The molecular weight excluding hydrogens is 172 g/mol. The van der Waals surface area contributed by atoms with Gasteiger partial charge in [-0.1, -0.05) is 19.8 Å². The van der Waals surface area contributed by atoms with Crippen molar-refractivity contribution in [3.8, 4) is 12.3 Å². The molecule has 70 valence electrons. The van der Waals surface area contributed by atoms with Crippen molar-refractivity contribution in [3.05, 3.63) is 29.6 Å². The van der Waals surface area contributed by atoms with Crippen LogP contribution < -0.4 is 0 Å². The zero-order valence-corrected chi connectivity index (χ0v) is 8.33. The number of aromatic nitrogens is 2. The van der Waals surface area contributed by atoms with Crippen molar-refractivity contribution >= 4 is 11.0 Å². The number of imidazole rings is 1. The molecule has 0 bridgehead atoms. The minimum Gasteiger partial charge on any atom is -0.342 e. The zero-order valence-electron chi connectivity index (χ0n) is 8.33. The van der Waals surface area contributed by atoms with Crippen LogP contribution in [0, 0.1) is 12.3 Å². The van der Waals surface area contributed by atoms with E-state index in [1.807, 2.05) is 18.2 Å². The SMILES string of the molecule is C#Cc1ccc2nc(C(C)C)[nH]c2c1. The molecule has 0 saturated carbocycles. The van der Waals surface area contributed by atoms with E-state index in [0.717, 1.165) is 22.4 Å². The lowest BCUT2D eigenvalue weighted by Crippen LogP contribution is -1.88. The third kappa shape index (κ3) is 1.38. The fourth-order valence-electron chi connectivity index (χ4n) is 1.39. The molecule has 0 saturated heterocycles. The van der Waals surface area contributed by atoms with E-state index >= 15 is 0 Å². The van der Waals surface area contributed by atoms with E-state index in [9.17, 15) is 0 Å². The molecule has 0 atom stereocenters. The van der Waals surface area contributed by atoms with Crippen LogP contribution in [0.5, 0.6) is 0 Å². The van der Waals surface area contributed by atoms with Crippen LogP contribution >= 0.6 is 0 Å². The normalized spacial score (nSPS) is 10.7. The molecule has 0 aliphatic rings. The van der Waals surface area contributed by atoms with Crippen LogP contribution in [0.4, 0.5) is 0 Å². The lowest BCUT2D eigenvalue weighted by atomic mass is 10.2. The molecule has 2 rings (SSSR count). The maximum atomic E-state index is 5.32. The maximum Gasteiger partial charge on any atom is 0.109 e. The van der Waals surface area contributed by atoms with Crippen LogP contribution in [0.1, 0.15) is 31.2 Å². The Kier molecular flexibility index (Phi) is 2.01. The predicted octanol–water partition coefficient (Wildman–Crippen LogP) is 2.67. The van der Waals surface area contributed by atoms with Gasteiger partial charge in [0.2, 0.25) is 0 Å². The van der Waals surface area contributed by atoms with Crippen LogP contribution in [-0.4, -0.2) is 9.97 Å². The average Bonchev–Trinajstić information content (AvgIpc) is 2.59. The van der Waals surface area contributed by atoms with Crippen molar-refractivity contribution in [1.29, 1.82) is 0 Å². The highest BCUT2D eigenvalue weighted by Gasteiger charge is 2.05. The zero-order chi connectivity index (χ0) is 10.1. The molecule has 1 heterocycles. The highest BCUT2D eigenvalue weighted by Crippen LogP contribution is 2.17. The smallest absolute Gasteiger partial charge is 0.109 e. The number of fused-ring (bicyclic) bond motifs is 1. The van der Waals surface area contributed by atoms with Gasteiger partial charge in [-0.2, -0.15) is 0 Å². The Morgan fingerprint density at radius 1 is 1.43 bits per heavy atom. The van der Waals surface area contributed by atoms with E-state index in [-0.39, 0.29) is 0 Å². The summed E-state index contributed by atoms with van der Waals surface area (Å²) >= 11 is 0. The lowest BCUT2D eigenvalue weighted by molar-refractivity contribution is 0.799. The number of nitrogens with zero attached hydrogens (tertiary/aromatic N) is 1. The van der Waals surface area contributed by atoms with Gasteiger partial charge in [-0.3, -0.25) is 0 Å². The van der Waals surface area contributed by atoms with Crippen LogP contribution in [-0.2, 0) is 0 Å².